The van der Waals surface area contributed by atoms with Gasteiger partial charge >= 0.3 is 0 Å². The minimum atomic E-state index is -0.565. The number of aliphatic hydroxyl groups is 1. The van der Waals surface area contributed by atoms with Gasteiger partial charge in [-0.3, -0.25) is 4.98 Å². The lowest BCUT2D eigenvalue weighted by Gasteiger charge is -2.09. The van der Waals surface area contributed by atoms with Crippen LogP contribution in [0.25, 0.3) is 0 Å². The highest BCUT2D eigenvalue weighted by Crippen LogP contribution is 2.16. The van der Waals surface area contributed by atoms with Crippen molar-refractivity contribution < 1.29 is 5.11 Å². The zero-order valence-electron chi connectivity index (χ0n) is 8.88. The Bertz CT molecular complexity index is 439. The number of benzene rings is 1. The van der Waals surface area contributed by atoms with Gasteiger partial charge in [-0.2, -0.15) is 0 Å². The van der Waals surface area contributed by atoms with Gasteiger partial charge in [-0.25, -0.2) is 0 Å². The molecule has 1 unspecified atom stereocenters. The van der Waals surface area contributed by atoms with Crippen LogP contribution < -0.4 is 5.73 Å². The Morgan fingerprint density at radius 1 is 1.12 bits per heavy atom. The molecule has 0 aliphatic rings. The highest BCUT2D eigenvalue weighted by molar-refractivity contribution is 5.39. The number of pyridine rings is 1. The summed E-state index contributed by atoms with van der Waals surface area (Å²) >= 11 is 0. The van der Waals surface area contributed by atoms with E-state index in [2.05, 4.69) is 4.98 Å². The fraction of sp³-hybridized carbons (Fsp3) is 0.154. The fourth-order valence-corrected chi connectivity index (χ4v) is 1.55. The largest absolute Gasteiger partial charge is 0.399 e. The number of rotatable bonds is 3. The van der Waals surface area contributed by atoms with Crippen LogP contribution in [0.2, 0.25) is 0 Å². The van der Waals surface area contributed by atoms with Gasteiger partial charge in [0.25, 0.3) is 0 Å². The highest BCUT2D eigenvalue weighted by Gasteiger charge is 2.08. The molecule has 0 bridgehead atoms. The van der Waals surface area contributed by atoms with Crippen LogP contribution in [-0.2, 0) is 6.42 Å². The molecule has 1 atom stereocenters. The smallest absolute Gasteiger partial charge is 0.0999 e. The summed E-state index contributed by atoms with van der Waals surface area (Å²) < 4.78 is 0. The van der Waals surface area contributed by atoms with E-state index in [-0.39, 0.29) is 0 Å². The second-order valence-corrected chi connectivity index (χ2v) is 3.72. The lowest BCUT2D eigenvalue weighted by Crippen LogP contribution is -2.03. The lowest BCUT2D eigenvalue weighted by atomic mass is 10.1. The molecule has 0 saturated carbocycles. The van der Waals surface area contributed by atoms with Crippen molar-refractivity contribution in [2.75, 3.05) is 5.73 Å². The van der Waals surface area contributed by atoms with E-state index < -0.39 is 6.10 Å². The number of nitrogens with two attached hydrogens (primary N) is 1. The summed E-state index contributed by atoms with van der Waals surface area (Å²) in [7, 11) is 0. The van der Waals surface area contributed by atoms with Gasteiger partial charge in [0.1, 0.15) is 0 Å². The Hall–Kier alpha value is -1.87. The van der Waals surface area contributed by atoms with E-state index in [1.807, 2.05) is 42.5 Å². The zero-order chi connectivity index (χ0) is 11.4. The van der Waals surface area contributed by atoms with E-state index in [0.29, 0.717) is 12.1 Å². The Labute approximate surface area is 94.6 Å². The molecular formula is C13H14N2O. The molecule has 82 valence electrons. The highest BCUT2D eigenvalue weighted by atomic mass is 16.3. The number of aromatic nitrogens is 1. The summed E-state index contributed by atoms with van der Waals surface area (Å²) in [5.74, 6) is 0. The van der Waals surface area contributed by atoms with E-state index in [4.69, 9.17) is 5.73 Å². The van der Waals surface area contributed by atoms with Crippen molar-refractivity contribution in [2.45, 2.75) is 12.5 Å². The molecule has 0 spiro atoms. The molecule has 16 heavy (non-hydrogen) atoms. The van der Waals surface area contributed by atoms with E-state index in [0.717, 1.165) is 11.3 Å². The Morgan fingerprint density at radius 2 is 1.88 bits per heavy atom. The van der Waals surface area contributed by atoms with Crippen molar-refractivity contribution in [1.29, 1.82) is 0 Å². The SMILES string of the molecule is Nc1ccc(CC(O)c2ccccn2)cc1. The van der Waals surface area contributed by atoms with E-state index in [1.54, 1.807) is 6.20 Å². The molecule has 1 aromatic heterocycles. The average molecular weight is 214 g/mol. The Kier molecular flexibility index (Phi) is 3.17. The monoisotopic (exact) mass is 214 g/mol. The zero-order valence-corrected chi connectivity index (χ0v) is 8.88. The number of nitrogen functional groups attached to an aromatic ring is 1. The molecule has 0 aliphatic heterocycles. The number of nitrogens with zero attached hydrogens (tertiary/aromatic N) is 1. The third-order valence-corrected chi connectivity index (χ3v) is 2.44. The predicted octanol–water partition coefficient (Wildman–Crippen LogP) is 1.94. The number of anilines is 1. The van der Waals surface area contributed by atoms with Gasteiger partial charge in [0.05, 0.1) is 11.8 Å². The van der Waals surface area contributed by atoms with E-state index >= 15 is 0 Å². The summed E-state index contributed by atoms with van der Waals surface area (Å²) in [4.78, 5) is 4.12. The molecule has 0 fully saturated rings. The molecule has 3 N–H and O–H groups in total. The molecule has 3 heteroatoms. The molecule has 0 amide bonds. The summed E-state index contributed by atoms with van der Waals surface area (Å²) in [5, 5.41) is 9.95. The third kappa shape index (κ3) is 2.58. The molecule has 1 aromatic carbocycles. The van der Waals surface area contributed by atoms with Crippen LogP contribution in [-0.4, -0.2) is 10.1 Å². The van der Waals surface area contributed by atoms with Gasteiger partial charge in [0.15, 0.2) is 0 Å². The van der Waals surface area contributed by atoms with Crippen LogP contribution >= 0.6 is 0 Å². The molecule has 1 heterocycles. The van der Waals surface area contributed by atoms with Crippen molar-refractivity contribution in [1.82, 2.24) is 4.98 Å². The summed E-state index contributed by atoms with van der Waals surface area (Å²) in [5.41, 5.74) is 8.07. The predicted molar refractivity (Wildman–Crippen MR) is 63.8 cm³/mol. The van der Waals surface area contributed by atoms with Crippen molar-refractivity contribution in [3.05, 3.63) is 59.9 Å². The van der Waals surface area contributed by atoms with Gasteiger partial charge in [-0.15, -0.1) is 0 Å². The molecule has 2 aromatic rings. The van der Waals surface area contributed by atoms with Crippen molar-refractivity contribution in [3.63, 3.8) is 0 Å². The van der Waals surface area contributed by atoms with Crippen LogP contribution in [0.1, 0.15) is 17.4 Å². The minimum Gasteiger partial charge on any atom is -0.399 e. The van der Waals surface area contributed by atoms with E-state index in [9.17, 15) is 5.11 Å². The number of hydrogen-bond acceptors (Lipinski definition) is 3. The molecule has 3 nitrogen and oxygen atoms in total. The van der Waals surface area contributed by atoms with Crippen LogP contribution in [0.5, 0.6) is 0 Å². The van der Waals surface area contributed by atoms with Crippen LogP contribution in [0, 0.1) is 0 Å². The Morgan fingerprint density at radius 3 is 2.50 bits per heavy atom. The Balaban J connectivity index is 2.08. The summed E-state index contributed by atoms with van der Waals surface area (Å²) in [6, 6.07) is 13.0. The second-order valence-electron chi connectivity index (χ2n) is 3.72. The first-order valence-electron chi connectivity index (χ1n) is 5.19. The first kappa shape index (κ1) is 10.6. The molecule has 2 rings (SSSR count). The maximum Gasteiger partial charge on any atom is 0.0999 e. The quantitative estimate of drug-likeness (QED) is 0.768. The third-order valence-electron chi connectivity index (χ3n) is 2.44. The molecular weight excluding hydrogens is 200 g/mol. The fourth-order valence-electron chi connectivity index (χ4n) is 1.55. The first-order chi connectivity index (χ1) is 7.75. The van der Waals surface area contributed by atoms with Gasteiger partial charge in [-0.05, 0) is 29.8 Å². The van der Waals surface area contributed by atoms with E-state index in [1.165, 1.54) is 0 Å². The average Bonchev–Trinajstić information content (AvgIpc) is 2.33. The normalized spacial score (nSPS) is 12.3. The van der Waals surface area contributed by atoms with Gasteiger partial charge in [0.2, 0.25) is 0 Å². The molecule has 0 aliphatic carbocycles. The topological polar surface area (TPSA) is 59.1 Å². The van der Waals surface area contributed by atoms with Crippen molar-refractivity contribution in [3.8, 4) is 0 Å². The molecule has 0 saturated heterocycles. The summed E-state index contributed by atoms with van der Waals surface area (Å²) in [6.45, 7) is 0. The van der Waals surface area contributed by atoms with Gasteiger partial charge in [0, 0.05) is 18.3 Å². The minimum absolute atomic E-state index is 0.553. The van der Waals surface area contributed by atoms with Crippen LogP contribution in [0.4, 0.5) is 5.69 Å². The van der Waals surface area contributed by atoms with Crippen LogP contribution in [0.15, 0.2) is 48.7 Å². The summed E-state index contributed by atoms with van der Waals surface area (Å²) in [6.07, 6.45) is 1.67. The maximum atomic E-state index is 9.95. The van der Waals surface area contributed by atoms with Crippen LogP contribution in [0.3, 0.4) is 0 Å². The van der Waals surface area contributed by atoms with Crippen molar-refractivity contribution in [2.24, 2.45) is 0 Å². The second kappa shape index (κ2) is 4.77. The van der Waals surface area contributed by atoms with Gasteiger partial charge in [-0.1, -0.05) is 18.2 Å². The number of aliphatic hydroxyl groups excluding tert-OH is 1. The standard InChI is InChI=1S/C13H14N2O/c14-11-6-4-10(5-7-11)9-13(16)12-3-1-2-8-15-12/h1-8,13,16H,9,14H2. The first-order valence-corrected chi connectivity index (χ1v) is 5.19. The molecule has 0 radical (unpaired) electrons. The number of hydrogen-bond donors (Lipinski definition) is 2. The maximum absolute atomic E-state index is 9.95. The van der Waals surface area contributed by atoms with Crippen molar-refractivity contribution >= 4 is 5.69 Å². The lowest BCUT2D eigenvalue weighted by molar-refractivity contribution is 0.173. The van der Waals surface area contributed by atoms with Gasteiger partial charge < -0.3 is 10.8 Å².